The number of aliphatic carboxylic acids is 1. The van der Waals surface area contributed by atoms with Crippen LogP contribution < -0.4 is 10.1 Å². The number of carboxylic acid groups (broad SMARTS) is 1. The van der Waals surface area contributed by atoms with E-state index in [1.54, 1.807) is 25.3 Å². The highest BCUT2D eigenvalue weighted by molar-refractivity contribution is 6.31. The van der Waals surface area contributed by atoms with E-state index in [0.29, 0.717) is 29.3 Å². The van der Waals surface area contributed by atoms with Crippen LogP contribution in [-0.2, 0) is 16.0 Å². The van der Waals surface area contributed by atoms with E-state index in [9.17, 15) is 9.59 Å². The highest BCUT2D eigenvalue weighted by atomic mass is 35.5. The minimum atomic E-state index is -0.762. The summed E-state index contributed by atoms with van der Waals surface area (Å²) in [4.78, 5) is 22.3. The van der Waals surface area contributed by atoms with Gasteiger partial charge >= 0.3 is 5.97 Å². The molecule has 0 atom stereocenters. The molecule has 1 aromatic carbocycles. The third-order valence-electron chi connectivity index (χ3n) is 3.27. The molecule has 0 heterocycles. The van der Waals surface area contributed by atoms with Crippen molar-refractivity contribution in [1.82, 2.24) is 5.32 Å². The summed E-state index contributed by atoms with van der Waals surface area (Å²) in [6, 6.07) is 5.28. The van der Waals surface area contributed by atoms with E-state index >= 15 is 0 Å². The fourth-order valence-electron chi connectivity index (χ4n) is 2.11. The van der Waals surface area contributed by atoms with Crippen LogP contribution in [0.4, 0.5) is 0 Å². The zero-order valence-electron chi connectivity index (χ0n) is 12.7. The minimum Gasteiger partial charge on any atom is -0.496 e. The molecule has 6 heteroatoms. The summed E-state index contributed by atoms with van der Waals surface area (Å²) in [7, 11) is 1.55. The van der Waals surface area contributed by atoms with Crippen molar-refractivity contribution in [1.29, 1.82) is 0 Å². The maximum atomic E-state index is 11.9. The molecular weight excluding hydrogens is 306 g/mol. The molecule has 0 aliphatic rings. The second-order valence-corrected chi connectivity index (χ2v) is 5.41. The van der Waals surface area contributed by atoms with Crippen LogP contribution in [0.3, 0.4) is 0 Å². The Morgan fingerprint density at radius 3 is 2.64 bits per heavy atom. The van der Waals surface area contributed by atoms with Gasteiger partial charge in [-0.15, -0.1) is 0 Å². The first kappa shape index (κ1) is 18.3. The van der Waals surface area contributed by atoms with Gasteiger partial charge in [0.1, 0.15) is 5.75 Å². The summed E-state index contributed by atoms with van der Waals surface area (Å²) >= 11 is 6.09. The summed E-state index contributed by atoms with van der Waals surface area (Å²) in [5.41, 5.74) is 0.686. The van der Waals surface area contributed by atoms with Crippen LogP contribution in [0.5, 0.6) is 5.75 Å². The van der Waals surface area contributed by atoms with Crippen LogP contribution in [0.25, 0.3) is 0 Å². The van der Waals surface area contributed by atoms with Crippen LogP contribution in [0.2, 0.25) is 5.02 Å². The summed E-state index contributed by atoms with van der Waals surface area (Å²) in [5.74, 6) is -0.254. The molecule has 0 unspecified atom stereocenters. The van der Waals surface area contributed by atoms with Gasteiger partial charge in [0.05, 0.1) is 13.5 Å². The molecule has 0 aliphatic heterocycles. The maximum absolute atomic E-state index is 11.9. The standard InChI is InChI=1S/C16H22ClNO4/c1-22-14-8-6-7-13(17)12(14)11-15(19)18-10-5-3-2-4-9-16(20)21/h6-8H,2-5,9-11H2,1H3,(H,18,19)(H,20,21). The monoisotopic (exact) mass is 327 g/mol. The van der Waals surface area contributed by atoms with E-state index in [2.05, 4.69) is 5.32 Å². The van der Waals surface area contributed by atoms with E-state index in [4.69, 9.17) is 21.4 Å². The first-order chi connectivity index (χ1) is 10.5. The number of rotatable bonds is 10. The molecule has 1 rings (SSSR count). The number of amides is 1. The largest absolute Gasteiger partial charge is 0.496 e. The molecular formula is C16H22ClNO4. The molecule has 22 heavy (non-hydrogen) atoms. The average molecular weight is 328 g/mol. The smallest absolute Gasteiger partial charge is 0.303 e. The van der Waals surface area contributed by atoms with Gasteiger partial charge in [-0.3, -0.25) is 9.59 Å². The summed E-state index contributed by atoms with van der Waals surface area (Å²) < 4.78 is 5.20. The van der Waals surface area contributed by atoms with Crippen LogP contribution >= 0.6 is 11.6 Å². The first-order valence-electron chi connectivity index (χ1n) is 7.34. The Kier molecular flexibility index (Phi) is 8.36. The molecule has 0 saturated heterocycles. The number of methoxy groups -OCH3 is 1. The lowest BCUT2D eigenvalue weighted by Gasteiger charge is -2.10. The second kappa shape index (κ2) is 10.1. The average Bonchev–Trinajstić information content (AvgIpc) is 2.48. The maximum Gasteiger partial charge on any atom is 0.303 e. The van der Waals surface area contributed by atoms with E-state index < -0.39 is 5.97 Å². The molecule has 122 valence electrons. The quantitative estimate of drug-likeness (QED) is 0.648. The van der Waals surface area contributed by atoms with Gasteiger partial charge in [0, 0.05) is 23.6 Å². The topological polar surface area (TPSA) is 75.6 Å². The Bertz CT molecular complexity index is 505. The summed E-state index contributed by atoms with van der Waals surface area (Å²) in [6.45, 7) is 0.582. The van der Waals surface area contributed by atoms with Crippen LogP contribution in [0, 0.1) is 0 Å². The molecule has 2 N–H and O–H groups in total. The van der Waals surface area contributed by atoms with Crippen molar-refractivity contribution < 1.29 is 19.4 Å². The normalized spacial score (nSPS) is 10.3. The van der Waals surface area contributed by atoms with Gasteiger partial charge in [0.2, 0.25) is 5.91 Å². The van der Waals surface area contributed by atoms with Crippen molar-refractivity contribution >= 4 is 23.5 Å². The van der Waals surface area contributed by atoms with Crippen molar-refractivity contribution in [2.75, 3.05) is 13.7 Å². The molecule has 0 fully saturated rings. The minimum absolute atomic E-state index is 0.100. The van der Waals surface area contributed by atoms with Gasteiger partial charge in [-0.1, -0.05) is 30.5 Å². The molecule has 1 amide bonds. The van der Waals surface area contributed by atoms with Crippen molar-refractivity contribution in [3.05, 3.63) is 28.8 Å². The van der Waals surface area contributed by atoms with E-state index in [-0.39, 0.29) is 18.7 Å². The Hall–Kier alpha value is -1.75. The van der Waals surface area contributed by atoms with Gasteiger partial charge in [0.15, 0.2) is 0 Å². The number of hydrogen-bond acceptors (Lipinski definition) is 3. The molecule has 0 radical (unpaired) electrons. The molecule has 0 spiro atoms. The van der Waals surface area contributed by atoms with Crippen molar-refractivity contribution in [2.45, 2.75) is 38.5 Å². The third kappa shape index (κ3) is 6.80. The van der Waals surface area contributed by atoms with Gasteiger partial charge in [-0.25, -0.2) is 0 Å². The zero-order valence-corrected chi connectivity index (χ0v) is 13.5. The van der Waals surface area contributed by atoms with Crippen LogP contribution in [-0.4, -0.2) is 30.6 Å². The van der Waals surface area contributed by atoms with Gasteiger partial charge in [-0.2, -0.15) is 0 Å². The molecule has 0 aromatic heterocycles. The van der Waals surface area contributed by atoms with Gasteiger partial charge < -0.3 is 15.2 Å². The van der Waals surface area contributed by atoms with Gasteiger partial charge in [0.25, 0.3) is 0 Å². The lowest BCUT2D eigenvalue weighted by Crippen LogP contribution is -2.26. The molecule has 5 nitrogen and oxygen atoms in total. The predicted octanol–water partition coefficient (Wildman–Crippen LogP) is 3.04. The zero-order chi connectivity index (χ0) is 16.4. The fourth-order valence-corrected chi connectivity index (χ4v) is 2.34. The lowest BCUT2D eigenvalue weighted by molar-refractivity contribution is -0.137. The molecule has 1 aromatic rings. The first-order valence-corrected chi connectivity index (χ1v) is 7.72. The number of benzene rings is 1. The Labute approximate surface area is 135 Å². The SMILES string of the molecule is COc1cccc(Cl)c1CC(=O)NCCCCCCC(=O)O. The number of nitrogens with one attached hydrogen (secondary N) is 1. The summed E-state index contributed by atoms with van der Waals surface area (Å²) in [6.07, 6.45) is 3.68. The number of carbonyl (C=O) groups is 2. The number of carboxylic acids is 1. The lowest BCUT2D eigenvalue weighted by atomic mass is 10.1. The Balaban J connectivity index is 2.25. The van der Waals surface area contributed by atoms with Gasteiger partial charge in [-0.05, 0) is 25.0 Å². The van der Waals surface area contributed by atoms with Crippen molar-refractivity contribution in [3.8, 4) is 5.75 Å². The number of unbranched alkanes of at least 4 members (excludes halogenated alkanes) is 3. The number of hydrogen-bond donors (Lipinski definition) is 2. The van der Waals surface area contributed by atoms with E-state index in [1.165, 1.54) is 0 Å². The number of ether oxygens (including phenoxy) is 1. The second-order valence-electron chi connectivity index (χ2n) is 5.01. The van der Waals surface area contributed by atoms with Crippen molar-refractivity contribution in [3.63, 3.8) is 0 Å². The fraction of sp³-hybridized carbons (Fsp3) is 0.500. The van der Waals surface area contributed by atoms with E-state index in [0.717, 1.165) is 19.3 Å². The molecule has 0 aliphatic carbocycles. The highest BCUT2D eigenvalue weighted by Gasteiger charge is 2.11. The Morgan fingerprint density at radius 2 is 1.95 bits per heavy atom. The number of carbonyl (C=O) groups excluding carboxylic acids is 1. The van der Waals surface area contributed by atoms with Crippen LogP contribution in [0.15, 0.2) is 18.2 Å². The molecule has 0 bridgehead atoms. The summed E-state index contributed by atoms with van der Waals surface area (Å²) in [5, 5.41) is 11.9. The Morgan fingerprint density at radius 1 is 1.23 bits per heavy atom. The molecule has 0 saturated carbocycles. The van der Waals surface area contributed by atoms with Crippen molar-refractivity contribution in [2.24, 2.45) is 0 Å². The van der Waals surface area contributed by atoms with Crippen LogP contribution in [0.1, 0.15) is 37.7 Å². The van der Waals surface area contributed by atoms with E-state index in [1.807, 2.05) is 0 Å². The third-order valence-corrected chi connectivity index (χ3v) is 3.63. The highest BCUT2D eigenvalue weighted by Crippen LogP contribution is 2.26. The predicted molar refractivity (Wildman–Crippen MR) is 85.4 cm³/mol. The number of halogens is 1.